The summed E-state index contributed by atoms with van der Waals surface area (Å²) in [4.78, 5) is 25.7. The van der Waals surface area contributed by atoms with Gasteiger partial charge in [0.25, 0.3) is 0 Å². The molecule has 0 aliphatic heterocycles. The van der Waals surface area contributed by atoms with Crippen molar-refractivity contribution in [2.24, 2.45) is 0 Å². The number of carbonyl (C=O) groups is 1. The summed E-state index contributed by atoms with van der Waals surface area (Å²) < 4.78 is 79.7. The summed E-state index contributed by atoms with van der Waals surface area (Å²) in [6, 6.07) is 8.71. The van der Waals surface area contributed by atoms with Gasteiger partial charge in [0.2, 0.25) is 5.91 Å². The maximum Gasteiger partial charge on any atom is 0.416 e. The lowest BCUT2D eigenvalue weighted by Gasteiger charge is -2.24. The zero-order chi connectivity index (χ0) is 24.4. The number of hydrogen-bond acceptors (Lipinski definition) is 3. The molecule has 2 aromatic carbocycles. The second-order valence-electron chi connectivity index (χ2n) is 7.38. The van der Waals surface area contributed by atoms with Crippen molar-refractivity contribution < 1.29 is 31.1 Å². The van der Waals surface area contributed by atoms with E-state index in [0.29, 0.717) is 5.69 Å². The molecule has 176 valence electrons. The van der Waals surface area contributed by atoms with Crippen molar-refractivity contribution in [2.75, 3.05) is 0 Å². The highest BCUT2D eigenvalue weighted by molar-refractivity contribution is 7.07. The van der Waals surface area contributed by atoms with E-state index in [1.165, 1.54) is 28.8 Å². The molecule has 0 saturated carbocycles. The monoisotopic (exact) mass is 488 g/mol. The van der Waals surface area contributed by atoms with Crippen LogP contribution in [0.3, 0.4) is 0 Å². The highest BCUT2D eigenvalue weighted by Gasteiger charge is 2.32. The Kier molecular flexibility index (Phi) is 7.01. The van der Waals surface area contributed by atoms with Gasteiger partial charge in [0.15, 0.2) is 0 Å². The normalized spacial score (nSPS) is 12.1. The van der Waals surface area contributed by atoms with Gasteiger partial charge in [0, 0.05) is 24.2 Å². The van der Waals surface area contributed by atoms with Crippen molar-refractivity contribution in [2.45, 2.75) is 38.9 Å². The number of aryl methyl sites for hydroxylation is 1. The first-order valence-corrected chi connectivity index (χ1v) is 10.5. The predicted octanol–water partition coefficient (Wildman–Crippen LogP) is 5.48. The molecule has 3 rings (SSSR count). The first-order chi connectivity index (χ1) is 15.3. The Labute approximate surface area is 188 Å². The molecule has 0 aliphatic rings. The largest absolute Gasteiger partial charge is 0.416 e. The Balaban J connectivity index is 1.93. The minimum Gasteiger partial charge on any atom is -0.332 e. The summed E-state index contributed by atoms with van der Waals surface area (Å²) in [6.45, 7) is 0.676. The number of nitrogens with zero attached hydrogens (tertiary/aromatic N) is 2. The maximum absolute atomic E-state index is 13.1. The van der Waals surface area contributed by atoms with Gasteiger partial charge in [-0.25, -0.2) is 0 Å². The molecule has 0 aliphatic carbocycles. The van der Waals surface area contributed by atoms with E-state index in [1.54, 1.807) is 12.3 Å². The van der Waals surface area contributed by atoms with Crippen LogP contribution in [0.1, 0.15) is 27.9 Å². The lowest BCUT2D eigenvalue weighted by atomic mass is 10.1. The number of amides is 1. The molecule has 11 heteroatoms. The van der Waals surface area contributed by atoms with E-state index in [-0.39, 0.29) is 35.6 Å². The lowest BCUT2D eigenvalue weighted by Crippen LogP contribution is -2.35. The van der Waals surface area contributed by atoms with Crippen molar-refractivity contribution >= 4 is 17.2 Å². The molecule has 0 unspecified atom stereocenters. The summed E-state index contributed by atoms with van der Waals surface area (Å²) in [7, 11) is 0. The Hall–Kier alpha value is -3.08. The van der Waals surface area contributed by atoms with Crippen molar-refractivity contribution in [3.05, 3.63) is 91.5 Å². The third-order valence-electron chi connectivity index (χ3n) is 4.88. The summed E-state index contributed by atoms with van der Waals surface area (Å²) in [5.41, 5.74) is -0.983. The van der Waals surface area contributed by atoms with Gasteiger partial charge in [-0.15, -0.1) is 0 Å². The molecule has 33 heavy (non-hydrogen) atoms. The Morgan fingerprint density at radius 3 is 1.79 bits per heavy atom. The van der Waals surface area contributed by atoms with Gasteiger partial charge in [0.1, 0.15) is 6.54 Å². The predicted molar refractivity (Wildman–Crippen MR) is 110 cm³/mol. The van der Waals surface area contributed by atoms with Gasteiger partial charge in [-0.05, 0) is 42.3 Å². The molecule has 1 aromatic heterocycles. The molecule has 3 aromatic rings. The Bertz CT molecular complexity index is 1140. The highest BCUT2D eigenvalue weighted by Crippen LogP contribution is 2.31. The first-order valence-electron chi connectivity index (χ1n) is 9.59. The second kappa shape index (κ2) is 9.42. The Morgan fingerprint density at radius 2 is 1.39 bits per heavy atom. The van der Waals surface area contributed by atoms with Crippen LogP contribution >= 0.6 is 11.3 Å². The molecule has 4 nitrogen and oxygen atoms in total. The van der Waals surface area contributed by atoms with E-state index < -0.39 is 29.4 Å². The molecule has 0 bridgehead atoms. The number of hydrogen-bond donors (Lipinski definition) is 0. The molecule has 0 saturated heterocycles. The van der Waals surface area contributed by atoms with Crippen molar-refractivity contribution in [1.82, 2.24) is 9.47 Å². The number of benzene rings is 2. The van der Waals surface area contributed by atoms with Crippen LogP contribution in [0, 0.1) is 6.92 Å². The molecule has 1 heterocycles. The molecule has 0 atom stereocenters. The summed E-state index contributed by atoms with van der Waals surface area (Å²) in [5.74, 6) is -0.617. The number of aromatic nitrogens is 1. The summed E-state index contributed by atoms with van der Waals surface area (Å²) in [6.07, 6.45) is -9.18. The van der Waals surface area contributed by atoms with Crippen LogP contribution in [0.25, 0.3) is 0 Å². The summed E-state index contributed by atoms with van der Waals surface area (Å²) >= 11 is 0.889. The van der Waals surface area contributed by atoms with E-state index in [0.717, 1.165) is 40.5 Å². The van der Waals surface area contributed by atoms with Gasteiger partial charge in [-0.2, -0.15) is 26.3 Å². The van der Waals surface area contributed by atoms with Crippen molar-refractivity contribution in [3.63, 3.8) is 0 Å². The van der Waals surface area contributed by atoms with Gasteiger partial charge in [-0.3, -0.25) is 14.2 Å². The fraction of sp³-hybridized carbons (Fsp3) is 0.273. The zero-order valence-corrected chi connectivity index (χ0v) is 18.0. The van der Waals surface area contributed by atoms with Crippen LogP contribution in [0.5, 0.6) is 0 Å². The SMILES string of the molecule is Cc1csc(=O)n1CC(=O)N(Cc1cccc(C(F)(F)F)c1)Cc1cccc(C(F)(F)F)c1. The van der Waals surface area contributed by atoms with E-state index >= 15 is 0 Å². The smallest absolute Gasteiger partial charge is 0.332 e. The molecular formula is C22H18F6N2O2S. The number of thiazole rings is 1. The van der Waals surface area contributed by atoms with Crippen LogP contribution in [-0.2, 0) is 36.8 Å². The number of carbonyl (C=O) groups excluding carboxylic acids is 1. The minimum absolute atomic E-state index is 0.152. The molecule has 0 fully saturated rings. The fourth-order valence-electron chi connectivity index (χ4n) is 3.20. The molecular weight excluding hydrogens is 470 g/mol. The van der Waals surface area contributed by atoms with E-state index in [2.05, 4.69) is 0 Å². The molecule has 1 amide bonds. The minimum atomic E-state index is -4.59. The third-order valence-corrected chi connectivity index (χ3v) is 5.76. The first kappa shape index (κ1) is 24.6. The zero-order valence-electron chi connectivity index (χ0n) is 17.2. The molecule has 0 spiro atoms. The van der Waals surface area contributed by atoms with Gasteiger partial charge in [-0.1, -0.05) is 35.6 Å². The van der Waals surface area contributed by atoms with Crippen LogP contribution in [0.15, 0.2) is 58.7 Å². The number of alkyl halides is 6. The van der Waals surface area contributed by atoms with E-state index in [4.69, 9.17) is 0 Å². The van der Waals surface area contributed by atoms with Crippen LogP contribution < -0.4 is 4.87 Å². The third kappa shape index (κ3) is 6.25. The standard InChI is InChI=1S/C22H18F6N2O2S/c1-14-13-33-20(32)30(14)12-19(31)29(10-15-4-2-6-17(8-15)21(23,24)25)11-16-5-3-7-18(9-16)22(26,27)28/h2-9,13H,10-12H2,1H3. The second-order valence-corrected chi connectivity index (χ2v) is 8.20. The number of halogens is 6. The molecule has 0 N–H and O–H groups in total. The van der Waals surface area contributed by atoms with Gasteiger partial charge in [0.05, 0.1) is 11.1 Å². The molecule has 0 radical (unpaired) electrons. The average Bonchev–Trinajstić information content (AvgIpc) is 3.04. The van der Waals surface area contributed by atoms with E-state index in [1.807, 2.05) is 0 Å². The summed E-state index contributed by atoms with van der Waals surface area (Å²) in [5, 5.41) is 1.56. The fourth-order valence-corrected chi connectivity index (χ4v) is 3.93. The maximum atomic E-state index is 13.1. The highest BCUT2D eigenvalue weighted by atomic mass is 32.1. The topological polar surface area (TPSA) is 42.3 Å². The van der Waals surface area contributed by atoms with Gasteiger partial charge < -0.3 is 4.90 Å². The van der Waals surface area contributed by atoms with Crippen molar-refractivity contribution in [3.8, 4) is 0 Å². The van der Waals surface area contributed by atoms with Crippen LogP contribution in [0.4, 0.5) is 26.3 Å². The van der Waals surface area contributed by atoms with Crippen LogP contribution in [0.2, 0.25) is 0 Å². The quantitative estimate of drug-likeness (QED) is 0.431. The van der Waals surface area contributed by atoms with Gasteiger partial charge >= 0.3 is 17.2 Å². The van der Waals surface area contributed by atoms with E-state index in [9.17, 15) is 35.9 Å². The lowest BCUT2D eigenvalue weighted by molar-refractivity contribution is -0.138. The Morgan fingerprint density at radius 1 is 0.909 bits per heavy atom. The van der Waals surface area contributed by atoms with Crippen molar-refractivity contribution in [1.29, 1.82) is 0 Å². The average molecular weight is 488 g/mol. The number of rotatable bonds is 6. The van der Waals surface area contributed by atoms with Crippen LogP contribution in [-0.4, -0.2) is 15.4 Å².